The van der Waals surface area contributed by atoms with Crippen LogP contribution in [0, 0.1) is 0 Å². The lowest BCUT2D eigenvalue weighted by Crippen LogP contribution is -2.50. The van der Waals surface area contributed by atoms with E-state index in [0.29, 0.717) is 0 Å². The Morgan fingerprint density at radius 1 is 0.737 bits per heavy atom. The average Bonchev–Trinajstić information content (AvgIpc) is 2.44. The summed E-state index contributed by atoms with van der Waals surface area (Å²) in [5, 5.41) is 0. The van der Waals surface area contributed by atoms with Crippen molar-refractivity contribution in [3.63, 3.8) is 0 Å². The van der Waals surface area contributed by atoms with Crippen molar-refractivity contribution in [2.75, 3.05) is 33.3 Å². The maximum Gasteiger partial charge on any atom is 0.161 e. The zero-order valence-electron chi connectivity index (χ0n) is 14.0. The lowest BCUT2D eigenvalue weighted by Gasteiger charge is -2.39. The maximum absolute atomic E-state index is 5.33. The minimum absolute atomic E-state index is 0.215. The topological polar surface area (TPSA) is 9.23 Å². The predicted octanol–water partition coefficient (Wildman–Crippen LogP) is 3.74. The lowest BCUT2D eigenvalue weighted by atomic mass is 10.1. The van der Waals surface area contributed by atoms with Gasteiger partial charge in [0.1, 0.15) is 0 Å². The van der Waals surface area contributed by atoms with Crippen molar-refractivity contribution in [2.24, 2.45) is 0 Å². The molecule has 0 spiro atoms. The SMILES string of the molecule is CCCC[N+](CCCC)(CCCC)CCC[SiH2]OC. The summed E-state index contributed by atoms with van der Waals surface area (Å²) in [6.07, 6.45) is 9.60. The average molecular weight is 289 g/mol. The summed E-state index contributed by atoms with van der Waals surface area (Å²) in [4.78, 5) is 0. The van der Waals surface area contributed by atoms with E-state index in [-0.39, 0.29) is 9.76 Å². The molecular weight excluding hydrogens is 250 g/mol. The van der Waals surface area contributed by atoms with Crippen LogP contribution in [0.5, 0.6) is 0 Å². The molecule has 116 valence electrons. The van der Waals surface area contributed by atoms with E-state index in [0.717, 1.165) is 0 Å². The fourth-order valence-electron chi connectivity index (χ4n) is 2.85. The first kappa shape index (κ1) is 19.1. The molecule has 3 heteroatoms. The van der Waals surface area contributed by atoms with Crippen molar-refractivity contribution in [1.29, 1.82) is 0 Å². The van der Waals surface area contributed by atoms with Crippen LogP contribution in [0.2, 0.25) is 6.04 Å². The zero-order chi connectivity index (χ0) is 14.4. The molecular formula is C16H38NOSi+. The molecule has 0 aliphatic carbocycles. The second-order valence-electron chi connectivity index (χ2n) is 6.00. The highest BCUT2D eigenvalue weighted by Crippen LogP contribution is 2.16. The first-order chi connectivity index (χ1) is 9.24. The lowest BCUT2D eigenvalue weighted by molar-refractivity contribution is -0.928. The summed E-state index contributed by atoms with van der Waals surface area (Å²) in [7, 11) is 1.66. The minimum atomic E-state index is -0.215. The highest BCUT2D eigenvalue weighted by atomic mass is 28.2. The molecule has 0 fully saturated rings. The van der Waals surface area contributed by atoms with Crippen LogP contribution in [0.15, 0.2) is 0 Å². The largest absolute Gasteiger partial charge is 0.427 e. The van der Waals surface area contributed by atoms with Crippen LogP contribution in [0.1, 0.15) is 65.7 Å². The second kappa shape index (κ2) is 13.1. The van der Waals surface area contributed by atoms with Crippen LogP contribution in [0.3, 0.4) is 0 Å². The third kappa shape index (κ3) is 9.64. The summed E-state index contributed by atoms with van der Waals surface area (Å²) < 4.78 is 6.73. The quantitative estimate of drug-likeness (QED) is 0.269. The molecule has 0 aromatic rings. The Labute approximate surface area is 124 Å². The van der Waals surface area contributed by atoms with Gasteiger partial charge in [-0.15, -0.1) is 0 Å². The van der Waals surface area contributed by atoms with E-state index < -0.39 is 0 Å². The highest BCUT2D eigenvalue weighted by Gasteiger charge is 2.24. The number of unbranched alkanes of at least 4 members (excludes halogenated alkanes) is 3. The van der Waals surface area contributed by atoms with Crippen LogP contribution < -0.4 is 0 Å². The number of nitrogens with zero attached hydrogens (tertiary/aromatic N) is 1. The third-order valence-electron chi connectivity index (χ3n) is 4.19. The molecule has 0 amide bonds. The van der Waals surface area contributed by atoms with E-state index in [1.807, 2.05) is 7.11 Å². The van der Waals surface area contributed by atoms with Gasteiger partial charge in [-0.3, -0.25) is 0 Å². The molecule has 0 saturated carbocycles. The van der Waals surface area contributed by atoms with Crippen molar-refractivity contribution >= 4 is 9.76 Å². The molecule has 0 saturated heterocycles. The second-order valence-corrected chi connectivity index (χ2v) is 7.69. The standard InChI is InChI=1S/C16H38NOSi/c1-5-8-12-17(13-9-6-2,14-10-7-3)15-11-16-19-18-4/h5-16,19H2,1-4H3/q+1. The Kier molecular flexibility index (Phi) is 13.2. The van der Waals surface area contributed by atoms with Gasteiger partial charge in [0.05, 0.1) is 26.2 Å². The van der Waals surface area contributed by atoms with Gasteiger partial charge in [0.2, 0.25) is 0 Å². The molecule has 0 aromatic carbocycles. The third-order valence-corrected chi connectivity index (χ3v) is 5.39. The van der Waals surface area contributed by atoms with Gasteiger partial charge in [-0.25, -0.2) is 0 Å². The van der Waals surface area contributed by atoms with Crippen molar-refractivity contribution in [2.45, 2.75) is 71.8 Å². The monoisotopic (exact) mass is 288 g/mol. The number of rotatable bonds is 14. The van der Waals surface area contributed by atoms with Crippen LogP contribution >= 0.6 is 0 Å². The predicted molar refractivity (Wildman–Crippen MR) is 89.4 cm³/mol. The van der Waals surface area contributed by atoms with Crippen LogP contribution in [-0.2, 0) is 4.43 Å². The summed E-state index contributed by atoms with van der Waals surface area (Å²) >= 11 is 0. The Morgan fingerprint density at radius 2 is 1.16 bits per heavy atom. The minimum Gasteiger partial charge on any atom is -0.427 e. The number of hydrogen-bond acceptors (Lipinski definition) is 1. The van der Waals surface area contributed by atoms with Crippen LogP contribution in [-0.4, -0.2) is 47.5 Å². The summed E-state index contributed by atoms with van der Waals surface area (Å²) in [6.45, 7) is 12.6. The number of hydrogen-bond donors (Lipinski definition) is 0. The molecule has 0 aliphatic heterocycles. The molecule has 0 atom stereocenters. The molecule has 0 rings (SSSR count). The fraction of sp³-hybridized carbons (Fsp3) is 1.00. The van der Waals surface area contributed by atoms with Gasteiger partial charge >= 0.3 is 0 Å². The summed E-state index contributed by atoms with van der Waals surface area (Å²) in [5.74, 6) is 0. The van der Waals surface area contributed by atoms with Crippen molar-refractivity contribution in [1.82, 2.24) is 0 Å². The smallest absolute Gasteiger partial charge is 0.161 e. The molecule has 19 heavy (non-hydrogen) atoms. The van der Waals surface area contributed by atoms with Gasteiger partial charge in [-0.1, -0.05) is 40.0 Å². The first-order valence-electron chi connectivity index (χ1n) is 8.58. The van der Waals surface area contributed by atoms with E-state index in [4.69, 9.17) is 4.43 Å². The van der Waals surface area contributed by atoms with Gasteiger partial charge < -0.3 is 8.91 Å². The molecule has 0 aliphatic rings. The molecule has 2 nitrogen and oxygen atoms in total. The van der Waals surface area contributed by atoms with Gasteiger partial charge in [-0.05, 0) is 31.7 Å². The molecule has 0 heterocycles. The van der Waals surface area contributed by atoms with E-state index in [1.54, 1.807) is 0 Å². The van der Waals surface area contributed by atoms with Crippen molar-refractivity contribution in [3.05, 3.63) is 0 Å². The summed E-state index contributed by atoms with van der Waals surface area (Å²) in [6, 6.07) is 1.36. The van der Waals surface area contributed by atoms with Gasteiger partial charge in [-0.2, -0.15) is 0 Å². The zero-order valence-corrected chi connectivity index (χ0v) is 15.5. The Bertz CT molecular complexity index is 166. The molecule has 0 bridgehead atoms. The number of quaternary nitrogens is 1. The molecule has 0 aromatic heterocycles. The highest BCUT2D eigenvalue weighted by molar-refractivity contribution is 6.26. The van der Waals surface area contributed by atoms with Crippen molar-refractivity contribution in [3.8, 4) is 0 Å². The van der Waals surface area contributed by atoms with Gasteiger partial charge in [0.15, 0.2) is 9.76 Å². The normalized spacial score (nSPS) is 12.6. The van der Waals surface area contributed by atoms with E-state index in [1.165, 1.54) is 81.7 Å². The van der Waals surface area contributed by atoms with E-state index in [2.05, 4.69) is 20.8 Å². The fourth-order valence-corrected chi connectivity index (χ4v) is 3.56. The Morgan fingerprint density at radius 3 is 1.53 bits per heavy atom. The van der Waals surface area contributed by atoms with Gasteiger partial charge in [0, 0.05) is 7.11 Å². The first-order valence-corrected chi connectivity index (χ1v) is 10.2. The molecule has 0 N–H and O–H groups in total. The Hall–Kier alpha value is 0.137. The van der Waals surface area contributed by atoms with Gasteiger partial charge in [0.25, 0.3) is 0 Å². The van der Waals surface area contributed by atoms with Crippen molar-refractivity contribution < 1.29 is 8.91 Å². The molecule has 0 unspecified atom stereocenters. The summed E-state index contributed by atoms with van der Waals surface area (Å²) in [5.41, 5.74) is 0. The van der Waals surface area contributed by atoms with Crippen LogP contribution in [0.25, 0.3) is 0 Å². The Balaban J connectivity index is 4.38. The molecule has 0 radical (unpaired) electrons. The van der Waals surface area contributed by atoms with E-state index >= 15 is 0 Å². The van der Waals surface area contributed by atoms with E-state index in [9.17, 15) is 0 Å². The van der Waals surface area contributed by atoms with Crippen LogP contribution in [0.4, 0.5) is 0 Å². The maximum atomic E-state index is 5.33.